The van der Waals surface area contributed by atoms with Gasteiger partial charge < -0.3 is 14.0 Å². The summed E-state index contributed by atoms with van der Waals surface area (Å²) in [6.07, 6.45) is 0. The van der Waals surface area contributed by atoms with Gasteiger partial charge in [0.1, 0.15) is 17.2 Å². The van der Waals surface area contributed by atoms with Crippen LogP contribution in [0.1, 0.15) is 5.56 Å². The van der Waals surface area contributed by atoms with Crippen LogP contribution in [-0.2, 0) is 0 Å². The number of hydrogen-bond acceptors (Lipinski definition) is 7. The van der Waals surface area contributed by atoms with Crippen molar-refractivity contribution >= 4 is 5.69 Å². The molecule has 3 aromatic carbocycles. The lowest BCUT2D eigenvalue weighted by Gasteiger charge is -2.09. The number of aromatic nitrogens is 2. The molecule has 0 saturated carbocycles. The average molecular weight is 403 g/mol. The second kappa shape index (κ2) is 8.04. The van der Waals surface area contributed by atoms with Gasteiger partial charge in [-0.3, -0.25) is 10.1 Å². The van der Waals surface area contributed by atoms with Gasteiger partial charge in [-0.1, -0.05) is 28.9 Å². The number of nitro groups is 1. The normalized spacial score (nSPS) is 10.6. The zero-order chi connectivity index (χ0) is 21.1. The van der Waals surface area contributed by atoms with Crippen molar-refractivity contribution in [3.05, 3.63) is 82.4 Å². The maximum atomic E-state index is 11.3. The van der Waals surface area contributed by atoms with Crippen molar-refractivity contribution in [1.82, 2.24) is 10.1 Å². The Kier molecular flexibility index (Phi) is 5.13. The van der Waals surface area contributed by atoms with Crippen molar-refractivity contribution in [1.29, 1.82) is 0 Å². The molecule has 0 spiro atoms. The highest BCUT2D eigenvalue weighted by atomic mass is 16.6. The predicted molar refractivity (Wildman–Crippen MR) is 110 cm³/mol. The van der Waals surface area contributed by atoms with Gasteiger partial charge in [0.05, 0.1) is 17.6 Å². The number of non-ortho nitro benzene ring substituents is 1. The summed E-state index contributed by atoms with van der Waals surface area (Å²) in [6.45, 7) is 1.96. The molecule has 8 heteroatoms. The minimum Gasteiger partial charge on any atom is -0.497 e. The Morgan fingerprint density at radius 2 is 1.77 bits per heavy atom. The molecular weight excluding hydrogens is 386 g/mol. The molecule has 150 valence electrons. The quantitative estimate of drug-likeness (QED) is 0.313. The first-order valence-electron chi connectivity index (χ1n) is 9.05. The number of methoxy groups -OCH3 is 1. The zero-order valence-corrected chi connectivity index (χ0v) is 16.2. The molecule has 0 fully saturated rings. The van der Waals surface area contributed by atoms with Crippen molar-refractivity contribution in [2.45, 2.75) is 6.92 Å². The van der Waals surface area contributed by atoms with Crippen molar-refractivity contribution < 1.29 is 18.9 Å². The van der Waals surface area contributed by atoms with Gasteiger partial charge in [-0.25, -0.2) is 0 Å². The Labute approximate surface area is 171 Å². The topological polar surface area (TPSA) is 101 Å². The maximum absolute atomic E-state index is 11.3. The second-order valence-electron chi connectivity index (χ2n) is 6.51. The second-order valence-corrected chi connectivity index (χ2v) is 6.51. The first-order chi connectivity index (χ1) is 14.5. The third-order valence-electron chi connectivity index (χ3n) is 4.39. The Hall–Kier alpha value is -4.20. The highest BCUT2D eigenvalue weighted by Crippen LogP contribution is 2.36. The molecule has 8 nitrogen and oxygen atoms in total. The molecule has 30 heavy (non-hydrogen) atoms. The molecule has 0 aliphatic heterocycles. The lowest BCUT2D eigenvalue weighted by Crippen LogP contribution is -1.93. The van der Waals surface area contributed by atoms with Gasteiger partial charge in [0.2, 0.25) is 5.82 Å². The summed E-state index contributed by atoms with van der Waals surface area (Å²) >= 11 is 0. The molecule has 0 atom stereocenters. The summed E-state index contributed by atoms with van der Waals surface area (Å²) in [4.78, 5) is 15.2. The van der Waals surface area contributed by atoms with E-state index in [1.54, 1.807) is 31.4 Å². The van der Waals surface area contributed by atoms with Crippen molar-refractivity contribution in [2.75, 3.05) is 7.11 Å². The van der Waals surface area contributed by atoms with Gasteiger partial charge >= 0.3 is 0 Å². The summed E-state index contributed by atoms with van der Waals surface area (Å²) in [6, 6.07) is 18.8. The number of rotatable bonds is 6. The molecule has 0 bridgehead atoms. The predicted octanol–water partition coefficient (Wildman–Crippen LogP) is 5.42. The van der Waals surface area contributed by atoms with E-state index in [0.29, 0.717) is 28.6 Å². The molecule has 0 amide bonds. The number of hydrogen-bond donors (Lipinski definition) is 0. The van der Waals surface area contributed by atoms with Gasteiger partial charge in [0, 0.05) is 17.7 Å². The fourth-order valence-electron chi connectivity index (χ4n) is 2.89. The molecule has 4 aromatic rings. The third kappa shape index (κ3) is 3.97. The largest absolute Gasteiger partial charge is 0.497 e. The Morgan fingerprint density at radius 1 is 1.00 bits per heavy atom. The summed E-state index contributed by atoms with van der Waals surface area (Å²) in [5.74, 6) is 2.08. The van der Waals surface area contributed by atoms with Crippen LogP contribution in [0.4, 0.5) is 5.69 Å². The van der Waals surface area contributed by atoms with E-state index in [4.69, 9.17) is 14.0 Å². The Balaban J connectivity index is 1.73. The lowest BCUT2D eigenvalue weighted by atomic mass is 10.1. The zero-order valence-electron chi connectivity index (χ0n) is 16.2. The van der Waals surface area contributed by atoms with Crippen LogP contribution < -0.4 is 9.47 Å². The molecule has 1 aromatic heterocycles. The van der Waals surface area contributed by atoms with Gasteiger partial charge in [-0.15, -0.1) is 0 Å². The highest BCUT2D eigenvalue weighted by molar-refractivity contribution is 5.69. The first-order valence-corrected chi connectivity index (χ1v) is 9.05. The van der Waals surface area contributed by atoms with Crippen LogP contribution in [0.3, 0.4) is 0 Å². The smallest absolute Gasteiger partial charge is 0.270 e. The van der Waals surface area contributed by atoms with E-state index in [2.05, 4.69) is 10.1 Å². The number of benzene rings is 3. The summed E-state index contributed by atoms with van der Waals surface area (Å²) in [5, 5.41) is 15.3. The van der Waals surface area contributed by atoms with Gasteiger partial charge in [0.25, 0.3) is 11.6 Å². The number of nitro benzene ring substituents is 1. The van der Waals surface area contributed by atoms with Crippen LogP contribution in [-0.4, -0.2) is 22.2 Å². The monoisotopic (exact) mass is 403 g/mol. The summed E-state index contributed by atoms with van der Waals surface area (Å²) < 4.78 is 16.5. The van der Waals surface area contributed by atoms with E-state index >= 15 is 0 Å². The van der Waals surface area contributed by atoms with Crippen LogP contribution in [0, 0.1) is 17.0 Å². The Bertz CT molecular complexity index is 1200. The van der Waals surface area contributed by atoms with E-state index < -0.39 is 4.92 Å². The fraction of sp³-hybridized carbons (Fsp3) is 0.0909. The van der Waals surface area contributed by atoms with Gasteiger partial charge in [0.15, 0.2) is 0 Å². The van der Waals surface area contributed by atoms with Crippen molar-refractivity contribution in [3.8, 4) is 40.1 Å². The van der Waals surface area contributed by atoms with E-state index in [1.165, 1.54) is 18.2 Å². The van der Waals surface area contributed by atoms with E-state index in [0.717, 1.165) is 11.1 Å². The van der Waals surface area contributed by atoms with Crippen molar-refractivity contribution in [3.63, 3.8) is 0 Å². The summed E-state index contributed by atoms with van der Waals surface area (Å²) in [7, 11) is 1.58. The SMILES string of the molecule is COc1ccc(Oc2ccc([N+](=O)[O-])cc2-c2nc(-c3cccc(C)c3)no2)cc1. The van der Waals surface area contributed by atoms with Crippen LogP contribution in [0.5, 0.6) is 17.2 Å². The van der Waals surface area contributed by atoms with Crippen LogP contribution in [0.25, 0.3) is 22.8 Å². The van der Waals surface area contributed by atoms with Gasteiger partial charge in [-0.2, -0.15) is 4.98 Å². The third-order valence-corrected chi connectivity index (χ3v) is 4.39. The maximum Gasteiger partial charge on any atom is 0.270 e. The average Bonchev–Trinajstić information content (AvgIpc) is 3.24. The molecule has 0 aliphatic rings. The summed E-state index contributed by atoms with van der Waals surface area (Å²) in [5.41, 5.74) is 2.06. The molecule has 0 radical (unpaired) electrons. The van der Waals surface area contributed by atoms with Crippen LogP contribution >= 0.6 is 0 Å². The number of nitrogens with zero attached hydrogens (tertiary/aromatic N) is 3. The van der Waals surface area contributed by atoms with Crippen molar-refractivity contribution in [2.24, 2.45) is 0 Å². The van der Waals surface area contributed by atoms with Gasteiger partial charge in [-0.05, 0) is 43.3 Å². The van der Waals surface area contributed by atoms with Crippen LogP contribution in [0.15, 0.2) is 71.3 Å². The fourth-order valence-corrected chi connectivity index (χ4v) is 2.89. The molecule has 0 saturated heterocycles. The lowest BCUT2D eigenvalue weighted by molar-refractivity contribution is -0.384. The highest BCUT2D eigenvalue weighted by Gasteiger charge is 2.20. The molecule has 0 unspecified atom stereocenters. The number of ether oxygens (including phenoxy) is 2. The Morgan fingerprint density at radius 3 is 2.47 bits per heavy atom. The standard InChI is InChI=1S/C22H17N3O5/c1-14-4-3-5-15(12-14)21-23-22(30-24-21)19-13-16(25(26)27)6-11-20(19)29-18-9-7-17(28-2)8-10-18/h3-13H,1-2H3. The molecular formula is C22H17N3O5. The number of aryl methyl sites for hydroxylation is 1. The molecule has 0 N–H and O–H groups in total. The molecule has 1 heterocycles. The van der Waals surface area contributed by atoms with E-state index in [1.807, 2.05) is 31.2 Å². The van der Waals surface area contributed by atoms with E-state index in [-0.39, 0.29) is 11.6 Å². The molecule has 4 rings (SSSR count). The minimum absolute atomic E-state index is 0.109. The van der Waals surface area contributed by atoms with E-state index in [9.17, 15) is 10.1 Å². The minimum atomic E-state index is -0.488. The van der Waals surface area contributed by atoms with Crippen LogP contribution in [0.2, 0.25) is 0 Å². The first kappa shape index (κ1) is 19.1. The molecule has 0 aliphatic carbocycles.